The fraction of sp³-hybridized carbons (Fsp3) is 0.185. The molecule has 1 unspecified atom stereocenters. The van der Waals surface area contributed by atoms with Gasteiger partial charge in [0.05, 0.1) is 22.0 Å². The van der Waals surface area contributed by atoms with Gasteiger partial charge in [-0.2, -0.15) is 18.3 Å². The van der Waals surface area contributed by atoms with Crippen LogP contribution in [0.5, 0.6) is 0 Å². The van der Waals surface area contributed by atoms with Crippen molar-refractivity contribution in [3.8, 4) is 16.9 Å². The minimum absolute atomic E-state index is 0.0578. The van der Waals surface area contributed by atoms with Crippen LogP contribution in [0.2, 0.25) is 10.0 Å². The van der Waals surface area contributed by atoms with Crippen molar-refractivity contribution >= 4 is 29.1 Å². The minimum Gasteiger partial charge on any atom is -0.337 e. The molecule has 1 radical (unpaired) electrons. The van der Waals surface area contributed by atoms with Gasteiger partial charge in [0.25, 0.3) is 5.91 Å². The van der Waals surface area contributed by atoms with E-state index in [4.69, 9.17) is 23.2 Å². The van der Waals surface area contributed by atoms with E-state index in [1.807, 2.05) is 18.2 Å². The molecular formula is C27H19Cl2F3N3O. The number of carbonyl (C=O) groups is 1. The summed E-state index contributed by atoms with van der Waals surface area (Å²) in [6.45, 7) is 0.848. The Hall–Kier alpha value is -3.29. The maximum atomic E-state index is 13.4. The summed E-state index contributed by atoms with van der Waals surface area (Å²) in [4.78, 5) is 15.0. The van der Waals surface area contributed by atoms with Crippen molar-refractivity contribution in [2.24, 2.45) is 0 Å². The van der Waals surface area contributed by atoms with Crippen LogP contribution in [0, 0.1) is 6.07 Å². The lowest BCUT2D eigenvalue weighted by Crippen LogP contribution is -2.29. The molecule has 9 heteroatoms. The number of halogens is 5. The Morgan fingerprint density at radius 2 is 1.67 bits per heavy atom. The number of aromatic nitrogens is 2. The fourth-order valence-corrected chi connectivity index (χ4v) is 4.69. The molecule has 36 heavy (non-hydrogen) atoms. The molecule has 3 aromatic carbocycles. The third-order valence-electron chi connectivity index (χ3n) is 6.23. The summed E-state index contributed by atoms with van der Waals surface area (Å²) in [5.41, 5.74) is 2.13. The summed E-state index contributed by atoms with van der Waals surface area (Å²) in [7, 11) is 0. The molecule has 0 N–H and O–H groups in total. The SMILES string of the molecule is O=C(c1[c]c(-c2ccc(Cl)cc2)n(-c2ccccc2Cl)n1)N1CCC(c2ccc(C(F)(F)F)cc2)C1. The highest BCUT2D eigenvalue weighted by molar-refractivity contribution is 6.32. The van der Waals surface area contributed by atoms with E-state index < -0.39 is 11.7 Å². The van der Waals surface area contributed by atoms with Gasteiger partial charge in [-0.25, -0.2) is 4.68 Å². The molecular weight excluding hydrogens is 510 g/mol. The molecule has 2 heterocycles. The number of alkyl halides is 3. The number of nitrogens with zero attached hydrogens (tertiary/aromatic N) is 3. The Morgan fingerprint density at radius 1 is 0.972 bits per heavy atom. The first-order chi connectivity index (χ1) is 17.2. The van der Waals surface area contributed by atoms with Crippen LogP contribution in [0.1, 0.15) is 34.0 Å². The second-order valence-corrected chi connectivity index (χ2v) is 9.39. The van der Waals surface area contributed by atoms with E-state index in [0.29, 0.717) is 40.9 Å². The summed E-state index contributed by atoms with van der Waals surface area (Å²) in [5, 5.41) is 5.59. The second-order valence-electron chi connectivity index (χ2n) is 8.55. The average Bonchev–Trinajstić information content (AvgIpc) is 3.52. The lowest BCUT2D eigenvalue weighted by Gasteiger charge is -2.16. The summed E-state index contributed by atoms with van der Waals surface area (Å²) in [6.07, 6.45) is -3.74. The highest BCUT2D eigenvalue weighted by atomic mass is 35.5. The van der Waals surface area contributed by atoms with Crippen molar-refractivity contribution in [1.29, 1.82) is 0 Å². The number of para-hydroxylation sites is 1. The smallest absolute Gasteiger partial charge is 0.337 e. The quantitative estimate of drug-likeness (QED) is 0.278. The zero-order chi connectivity index (χ0) is 25.4. The van der Waals surface area contributed by atoms with Gasteiger partial charge in [-0.05, 0) is 48.4 Å². The maximum absolute atomic E-state index is 13.4. The average molecular weight is 529 g/mol. The van der Waals surface area contributed by atoms with Crippen LogP contribution in [-0.4, -0.2) is 33.7 Å². The number of benzene rings is 3. The standard InChI is InChI=1S/C27H19Cl2F3N3O/c28-21-11-7-18(8-12-21)25-15-23(33-35(25)24-4-2-1-3-22(24)29)26(36)34-14-13-19(16-34)17-5-9-20(10-6-17)27(30,31)32/h1-12,19H,13-14,16H2. The molecule has 0 bridgehead atoms. The molecule has 4 aromatic rings. The van der Waals surface area contributed by atoms with Crippen LogP contribution in [0.15, 0.2) is 72.8 Å². The molecule has 4 nitrogen and oxygen atoms in total. The first-order valence-corrected chi connectivity index (χ1v) is 12.0. The molecule has 1 amide bonds. The van der Waals surface area contributed by atoms with Crippen molar-refractivity contribution in [3.63, 3.8) is 0 Å². The van der Waals surface area contributed by atoms with Gasteiger partial charge in [0.15, 0.2) is 5.69 Å². The number of rotatable bonds is 4. The topological polar surface area (TPSA) is 38.1 Å². The van der Waals surface area contributed by atoms with Crippen molar-refractivity contribution in [2.45, 2.75) is 18.5 Å². The van der Waals surface area contributed by atoms with Gasteiger partial charge in [0, 0.05) is 35.7 Å². The molecule has 0 aliphatic carbocycles. The van der Waals surface area contributed by atoms with E-state index in [1.165, 1.54) is 12.1 Å². The van der Waals surface area contributed by atoms with Crippen LogP contribution in [0.25, 0.3) is 16.9 Å². The second kappa shape index (κ2) is 9.64. The van der Waals surface area contributed by atoms with Crippen LogP contribution in [0.4, 0.5) is 13.2 Å². The molecule has 1 aliphatic heterocycles. The highest BCUT2D eigenvalue weighted by Gasteiger charge is 2.33. The number of likely N-dealkylation sites (tertiary alicyclic amines) is 1. The number of hydrogen-bond donors (Lipinski definition) is 0. The maximum Gasteiger partial charge on any atom is 0.416 e. The van der Waals surface area contributed by atoms with Gasteiger partial charge in [-0.3, -0.25) is 4.79 Å². The van der Waals surface area contributed by atoms with E-state index in [-0.39, 0.29) is 17.5 Å². The third-order valence-corrected chi connectivity index (χ3v) is 6.81. The van der Waals surface area contributed by atoms with Crippen LogP contribution in [-0.2, 0) is 6.18 Å². The molecule has 1 atom stereocenters. The molecule has 5 rings (SSSR count). The number of amides is 1. The van der Waals surface area contributed by atoms with Crippen molar-refractivity contribution in [3.05, 3.63) is 106 Å². The third kappa shape index (κ3) is 4.86. The number of hydrogen-bond acceptors (Lipinski definition) is 2. The van der Waals surface area contributed by atoms with E-state index in [9.17, 15) is 18.0 Å². The van der Waals surface area contributed by atoms with Gasteiger partial charge in [0.2, 0.25) is 0 Å². The molecule has 183 valence electrons. The monoisotopic (exact) mass is 528 g/mol. The summed E-state index contributed by atoms with van der Waals surface area (Å²) >= 11 is 12.5. The van der Waals surface area contributed by atoms with E-state index >= 15 is 0 Å². The van der Waals surface area contributed by atoms with Crippen molar-refractivity contribution < 1.29 is 18.0 Å². The highest BCUT2D eigenvalue weighted by Crippen LogP contribution is 2.34. The zero-order valence-electron chi connectivity index (χ0n) is 18.8. The van der Waals surface area contributed by atoms with Crippen LogP contribution in [0.3, 0.4) is 0 Å². The lowest BCUT2D eigenvalue weighted by atomic mass is 9.97. The first kappa shape index (κ1) is 24.4. The fourth-order valence-electron chi connectivity index (χ4n) is 4.35. The Labute approximate surface area is 215 Å². The van der Waals surface area contributed by atoms with Crippen molar-refractivity contribution in [2.75, 3.05) is 13.1 Å². The molecule has 1 fully saturated rings. The predicted octanol–water partition coefficient (Wildman–Crippen LogP) is 7.29. The van der Waals surface area contributed by atoms with Gasteiger partial charge < -0.3 is 4.90 Å². The molecule has 1 aromatic heterocycles. The van der Waals surface area contributed by atoms with Crippen molar-refractivity contribution in [1.82, 2.24) is 14.7 Å². The van der Waals surface area contributed by atoms with E-state index in [1.54, 1.807) is 39.9 Å². The van der Waals surface area contributed by atoms with Gasteiger partial charge in [-0.1, -0.05) is 59.6 Å². The normalized spacial score (nSPS) is 15.9. The van der Waals surface area contributed by atoms with Gasteiger partial charge in [-0.15, -0.1) is 0 Å². The Balaban J connectivity index is 1.42. The zero-order valence-corrected chi connectivity index (χ0v) is 20.3. The van der Waals surface area contributed by atoms with Crippen LogP contribution < -0.4 is 0 Å². The largest absolute Gasteiger partial charge is 0.416 e. The Kier molecular flexibility index (Phi) is 6.53. The van der Waals surface area contributed by atoms with E-state index in [0.717, 1.165) is 23.3 Å². The lowest BCUT2D eigenvalue weighted by molar-refractivity contribution is -0.137. The number of carbonyl (C=O) groups excluding carboxylic acids is 1. The summed E-state index contributed by atoms with van der Waals surface area (Å²) in [5.74, 6) is -0.358. The predicted molar refractivity (Wildman–Crippen MR) is 133 cm³/mol. The summed E-state index contributed by atoms with van der Waals surface area (Å²) in [6, 6.07) is 22.5. The first-order valence-electron chi connectivity index (χ1n) is 11.2. The van der Waals surface area contributed by atoms with Crippen LogP contribution >= 0.6 is 23.2 Å². The minimum atomic E-state index is -4.38. The van der Waals surface area contributed by atoms with E-state index in [2.05, 4.69) is 11.2 Å². The molecule has 1 saturated heterocycles. The van der Waals surface area contributed by atoms with Gasteiger partial charge in [0.1, 0.15) is 0 Å². The summed E-state index contributed by atoms with van der Waals surface area (Å²) < 4.78 is 40.3. The molecule has 0 saturated carbocycles. The molecule has 1 aliphatic rings. The Bertz CT molecular complexity index is 1400. The Morgan fingerprint density at radius 3 is 2.33 bits per heavy atom. The van der Waals surface area contributed by atoms with Gasteiger partial charge >= 0.3 is 6.18 Å². The molecule has 0 spiro atoms.